The normalized spacial score (nSPS) is 10.3. The average Bonchev–Trinajstić information content (AvgIpc) is 2.96. The zero-order valence-corrected chi connectivity index (χ0v) is 13.8. The summed E-state index contributed by atoms with van der Waals surface area (Å²) >= 11 is 1.40. The maximum atomic E-state index is 12.3. The Morgan fingerprint density at radius 3 is 2.65 bits per heavy atom. The van der Waals surface area contributed by atoms with Gasteiger partial charge in [0.1, 0.15) is 10.6 Å². The minimum atomic E-state index is -0.364. The lowest BCUT2D eigenvalue weighted by molar-refractivity contribution is -0.118. The second-order valence-electron chi connectivity index (χ2n) is 4.93. The number of hydrogen-bond acceptors (Lipinski definition) is 4. The summed E-state index contributed by atoms with van der Waals surface area (Å²) in [5, 5.41) is 2.80. The first-order valence-electron chi connectivity index (χ1n) is 7.50. The highest BCUT2D eigenvalue weighted by molar-refractivity contribution is 7.17. The molecule has 1 aromatic heterocycles. The van der Waals surface area contributed by atoms with Crippen LogP contribution in [-0.4, -0.2) is 25.0 Å². The summed E-state index contributed by atoms with van der Waals surface area (Å²) in [4.78, 5) is 24.6. The second kappa shape index (κ2) is 8.33. The number of carbonyl (C=O) groups is 2. The molecule has 0 saturated carbocycles. The Morgan fingerprint density at radius 1 is 1.26 bits per heavy atom. The van der Waals surface area contributed by atoms with E-state index in [9.17, 15) is 9.59 Å². The van der Waals surface area contributed by atoms with Crippen LogP contribution in [0.15, 0.2) is 36.4 Å². The van der Waals surface area contributed by atoms with Gasteiger partial charge in [0.05, 0.1) is 6.61 Å². The number of ether oxygens (including phenoxy) is 1. The number of nitrogens with one attached hydrogen (secondary N) is 1. The fraction of sp³-hybridized carbons (Fsp3) is 0.294. The number of hydrogen-bond donors (Lipinski definition) is 2. The highest BCUT2D eigenvalue weighted by Gasteiger charge is 2.18. The van der Waals surface area contributed by atoms with Gasteiger partial charge < -0.3 is 15.8 Å². The summed E-state index contributed by atoms with van der Waals surface area (Å²) in [5.41, 5.74) is 6.13. The van der Waals surface area contributed by atoms with Crippen LogP contribution in [0.5, 0.6) is 5.75 Å². The molecule has 1 heterocycles. The Hall–Kier alpha value is -2.34. The molecule has 0 bridgehead atoms. The van der Waals surface area contributed by atoms with Crippen molar-refractivity contribution in [1.29, 1.82) is 0 Å². The van der Waals surface area contributed by atoms with Crippen molar-refractivity contribution in [2.75, 3.05) is 13.2 Å². The van der Waals surface area contributed by atoms with Crippen molar-refractivity contribution in [2.24, 2.45) is 5.73 Å². The molecule has 0 aliphatic rings. The van der Waals surface area contributed by atoms with E-state index in [4.69, 9.17) is 10.5 Å². The van der Waals surface area contributed by atoms with Crippen LogP contribution in [0, 0.1) is 0 Å². The minimum Gasteiger partial charge on any atom is -0.492 e. The molecule has 2 aromatic rings. The highest BCUT2D eigenvalue weighted by Crippen LogP contribution is 2.36. The molecule has 5 nitrogen and oxygen atoms in total. The van der Waals surface area contributed by atoms with E-state index in [1.54, 1.807) is 0 Å². The molecule has 23 heavy (non-hydrogen) atoms. The molecule has 6 heteroatoms. The largest absolute Gasteiger partial charge is 0.492 e. The van der Waals surface area contributed by atoms with Crippen molar-refractivity contribution in [1.82, 2.24) is 5.32 Å². The molecular formula is C17H20N2O3S. The monoisotopic (exact) mass is 332 g/mol. The average molecular weight is 332 g/mol. The molecule has 2 amide bonds. The highest BCUT2D eigenvalue weighted by atomic mass is 32.1. The number of rotatable bonds is 8. The van der Waals surface area contributed by atoms with Gasteiger partial charge in [0.2, 0.25) is 5.91 Å². The van der Waals surface area contributed by atoms with E-state index < -0.39 is 0 Å². The van der Waals surface area contributed by atoms with Crippen LogP contribution in [0.2, 0.25) is 0 Å². The van der Waals surface area contributed by atoms with Crippen LogP contribution in [0.3, 0.4) is 0 Å². The van der Waals surface area contributed by atoms with Gasteiger partial charge in [-0.05, 0) is 25.0 Å². The Labute approximate surface area is 139 Å². The van der Waals surface area contributed by atoms with Gasteiger partial charge >= 0.3 is 0 Å². The van der Waals surface area contributed by atoms with Crippen LogP contribution >= 0.6 is 11.3 Å². The third-order valence-electron chi connectivity index (χ3n) is 3.15. The number of carbonyl (C=O) groups excluding carboxylic acids is 2. The summed E-state index contributed by atoms with van der Waals surface area (Å²) in [6.45, 7) is 2.78. The first-order valence-corrected chi connectivity index (χ1v) is 8.32. The van der Waals surface area contributed by atoms with E-state index in [2.05, 4.69) is 5.32 Å². The van der Waals surface area contributed by atoms with Crippen molar-refractivity contribution in [3.63, 3.8) is 0 Å². The van der Waals surface area contributed by atoms with Gasteiger partial charge in [0.15, 0.2) is 0 Å². The Balaban J connectivity index is 2.11. The van der Waals surface area contributed by atoms with Gasteiger partial charge in [0.25, 0.3) is 5.91 Å². The van der Waals surface area contributed by atoms with E-state index in [0.717, 1.165) is 10.4 Å². The van der Waals surface area contributed by atoms with Crippen LogP contribution in [0.4, 0.5) is 0 Å². The molecule has 0 atom stereocenters. The summed E-state index contributed by atoms with van der Waals surface area (Å²) in [7, 11) is 0. The zero-order valence-electron chi connectivity index (χ0n) is 13.0. The fourth-order valence-corrected chi connectivity index (χ4v) is 3.11. The van der Waals surface area contributed by atoms with Crippen LogP contribution in [0.1, 0.15) is 29.4 Å². The van der Waals surface area contributed by atoms with Crippen molar-refractivity contribution >= 4 is 23.2 Å². The topological polar surface area (TPSA) is 81.4 Å². The summed E-state index contributed by atoms with van der Waals surface area (Å²) < 4.78 is 5.58. The molecule has 122 valence electrons. The number of primary amides is 1. The maximum absolute atomic E-state index is 12.3. The van der Waals surface area contributed by atoms with Gasteiger partial charge in [-0.15, -0.1) is 11.3 Å². The quantitative estimate of drug-likeness (QED) is 0.729. The van der Waals surface area contributed by atoms with Crippen LogP contribution in [-0.2, 0) is 4.79 Å². The van der Waals surface area contributed by atoms with E-state index in [1.165, 1.54) is 11.3 Å². The van der Waals surface area contributed by atoms with E-state index in [-0.39, 0.29) is 18.2 Å². The van der Waals surface area contributed by atoms with Gasteiger partial charge in [-0.1, -0.05) is 30.3 Å². The molecule has 3 N–H and O–H groups in total. The predicted octanol–water partition coefficient (Wildman–Crippen LogP) is 2.81. The Kier molecular flexibility index (Phi) is 6.17. The number of amides is 2. The summed E-state index contributed by atoms with van der Waals surface area (Å²) in [6.07, 6.45) is 0.792. The molecule has 1 aromatic carbocycles. The van der Waals surface area contributed by atoms with Crippen molar-refractivity contribution in [2.45, 2.75) is 19.8 Å². The maximum Gasteiger partial charge on any atom is 0.265 e. The number of thiophene rings is 1. The zero-order chi connectivity index (χ0) is 16.7. The molecule has 0 saturated heterocycles. The third kappa shape index (κ3) is 4.82. The molecule has 0 fully saturated rings. The smallest absolute Gasteiger partial charge is 0.265 e. The summed E-state index contributed by atoms with van der Waals surface area (Å²) in [6, 6.07) is 11.7. The molecule has 0 spiro atoms. The van der Waals surface area contributed by atoms with E-state index in [0.29, 0.717) is 30.2 Å². The fourth-order valence-electron chi connectivity index (χ4n) is 2.08. The van der Waals surface area contributed by atoms with Crippen LogP contribution in [0.25, 0.3) is 10.4 Å². The van der Waals surface area contributed by atoms with Gasteiger partial charge in [-0.3, -0.25) is 9.59 Å². The SMILES string of the molecule is CCOc1cc(-c2ccccc2)sc1C(=O)NCCCC(N)=O. The molecule has 0 unspecified atom stereocenters. The standard InChI is InChI=1S/C17H20N2O3S/c1-2-22-13-11-14(12-7-4-3-5-8-12)23-16(13)17(21)19-10-6-9-15(18)20/h3-5,7-8,11H,2,6,9-10H2,1H3,(H2,18,20)(H,19,21). The Bertz CT molecular complexity index is 668. The lowest BCUT2D eigenvalue weighted by atomic mass is 10.2. The summed E-state index contributed by atoms with van der Waals surface area (Å²) in [5.74, 6) is 0.0330. The first-order chi connectivity index (χ1) is 11.1. The van der Waals surface area contributed by atoms with Gasteiger partial charge in [-0.25, -0.2) is 0 Å². The molecular weight excluding hydrogens is 312 g/mol. The predicted molar refractivity (Wildman–Crippen MR) is 91.7 cm³/mol. The van der Waals surface area contributed by atoms with E-state index in [1.807, 2.05) is 43.3 Å². The minimum absolute atomic E-state index is 0.190. The van der Waals surface area contributed by atoms with E-state index >= 15 is 0 Å². The lowest BCUT2D eigenvalue weighted by Gasteiger charge is -2.05. The molecule has 0 radical (unpaired) electrons. The van der Waals surface area contributed by atoms with Gasteiger partial charge in [-0.2, -0.15) is 0 Å². The number of benzene rings is 1. The molecule has 0 aliphatic heterocycles. The Morgan fingerprint density at radius 2 is 2.00 bits per heavy atom. The lowest BCUT2D eigenvalue weighted by Crippen LogP contribution is -2.25. The van der Waals surface area contributed by atoms with Gasteiger partial charge in [0, 0.05) is 17.8 Å². The van der Waals surface area contributed by atoms with Crippen molar-refractivity contribution in [3.05, 3.63) is 41.3 Å². The van der Waals surface area contributed by atoms with Crippen molar-refractivity contribution in [3.8, 4) is 16.2 Å². The van der Waals surface area contributed by atoms with Crippen molar-refractivity contribution < 1.29 is 14.3 Å². The first kappa shape index (κ1) is 17.0. The second-order valence-corrected chi connectivity index (χ2v) is 5.98. The third-order valence-corrected chi connectivity index (χ3v) is 4.31. The van der Waals surface area contributed by atoms with Crippen LogP contribution < -0.4 is 15.8 Å². The molecule has 2 rings (SSSR count). The molecule has 0 aliphatic carbocycles. The number of nitrogens with two attached hydrogens (primary N) is 1.